The first-order valence-electron chi connectivity index (χ1n) is 10.8. The van der Waals surface area contributed by atoms with Crippen LogP contribution in [0.2, 0.25) is 0 Å². The molecule has 30 heavy (non-hydrogen) atoms. The van der Waals surface area contributed by atoms with Crippen LogP contribution in [-0.4, -0.2) is 18.6 Å². The Morgan fingerprint density at radius 3 is 2.50 bits per heavy atom. The van der Waals surface area contributed by atoms with Crippen LogP contribution < -0.4 is 5.32 Å². The molecule has 1 unspecified atom stereocenters. The summed E-state index contributed by atoms with van der Waals surface area (Å²) in [5.41, 5.74) is 4.24. The van der Waals surface area contributed by atoms with Crippen molar-refractivity contribution in [3.63, 3.8) is 0 Å². The van der Waals surface area contributed by atoms with Gasteiger partial charge in [-0.05, 0) is 79.5 Å². The molecule has 0 aliphatic heterocycles. The van der Waals surface area contributed by atoms with Crippen molar-refractivity contribution in [2.75, 3.05) is 6.61 Å². The summed E-state index contributed by atoms with van der Waals surface area (Å²) >= 11 is 0. The number of hydrogen-bond donors (Lipinski definition) is 1. The van der Waals surface area contributed by atoms with Crippen LogP contribution >= 0.6 is 0 Å². The number of rotatable bonds is 4. The van der Waals surface area contributed by atoms with Gasteiger partial charge in [-0.1, -0.05) is 31.8 Å². The van der Waals surface area contributed by atoms with E-state index in [1.807, 2.05) is 0 Å². The second-order valence-corrected chi connectivity index (χ2v) is 8.88. The minimum absolute atomic E-state index is 0.0628. The average Bonchev–Trinajstić information content (AvgIpc) is 3.53. The van der Waals surface area contributed by atoms with Crippen molar-refractivity contribution in [2.45, 2.75) is 64.0 Å². The molecule has 0 saturated heterocycles. The van der Waals surface area contributed by atoms with Gasteiger partial charge in [-0.3, -0.25) is 0 Å². The van der Waals surface area contributed by atoms with Gasteiger partial charge in [-0.2, -0.15) is 0 Å². The standard InChI is InChI=1S/C26H28FNO2/c1-4-30-25(29)21-12-8-18(16-23(21)27)6-5-17-7-11-20-22(15-17)26(2,3)14-13-24(20)28-19-9-10-19/h7-8,11-12,15-16,19,24,28H,4,9-10,13-14H2,1-3H3. The molecule has 0 spiro atoms. The summed E-state index contributed by atoms with van der Waals surface area (Å²) < 4.78 is 19.1. The number of carbonyl (C=O) groups excluding carboxylic acids is 1. The molecule has 2 aliphatic carbocycles. The maximum Gasteiger partial charge on any atom is 0.341 e. The minimum Gasteiger partial charge on any atom is -0.462 e. The molecule has 0 amide bonds. The summed E-state index contributed by atoms with van der Waals surface area (Å²) in [5.74, 6) is 4.93. The number of esters is 1. The van der Waals surface area contributed by atoms with E-state index < -0.39 is 11.8 Å². The Labute approximate surface area is 178 Å². The van der Waals surface area contributed by atoms with Crippen molar-refractivity contribution in [2.24, 2.45) is 0 Å². The van der Waals surface area contributed by atoms with Gasteiger partial charge in [0.05, 0.1) is 12.2 Å². The molecule has 1 saturated carbocycles. The Hall–Kier alpha value is -2.64. The van der Waals surface area contributed by atoms with Crippen molar-refractivity contribution in [3.8, 4) is 11.8 Å². The zero-order chi connectivity index (χ0) is 21.3. The summed E-state index contributed by atoms with van der Waals surface area (Å²) in [6.45, 7) is 6.49. The number of hydrogen-bond acceptors (Lipinski definition) is 3. The Balaban J connectivity index is 1.58. The molecule has 0 heterocycles. The molecule has 1 fully saturated rings. The third-order valence-corrected chi connectivity index (χ3v) is 6.05. The highest BCUT2D eigenvalue weighted by Crippen LogP contribution is 2.43. The molecular formula is C26H28FNO2. The van der Waals surface area contributed by atoms with E-state index in [-0.39, 0.29) is 17.6 Å². The van der Waals surface area contributed by atoms with Crippen molar-refractivity contribution in [1.29, 1.82) is 0 Å². The van der Waals surface area contributed by atoms with Gasteiger partial charge < -0.3 is 10.1 Å². The van der Waals surface area contributed by atoms with Crippen LogP contribution in [0.15, 0.2) is 36.4 Å². The summed E-state index contributed by atoms with van der Waals surface area (Å²) in [5, 5.41) is 3.78. The van der Waals surface area contributed by atoms with Crippen LogP contribution in [0.3, 0.4) is 0 Å². The molecule has 4 heteroatoms. The Morgan fingerprint density at radius 2 is 1.83 bits per heavy atom. The molecule has 2 aliphatic rings. The van der Waals surface area contributed by atoms with Crippen molar-refractivity contribution in [3.05, 3.63) is 70.0 Å². The van der Waals surface area contributed by atoms with Crippen LogP contribution in [-0.2, 0) is 10.2 Å². The van der Waals surface area contributed by atoms with E-state index in [9.17, 15) is 9.18 Å². The zero-order valence-electron chi connectivity index (χ0n) is 17.8. The second-order valence-electron chi connectivity index (χ2n) is 8.88. The lowest BCUT2D eigenvalue weighted by Crippen LogP contribution is -2.33. The van der Waals surface area contributed by atoms with Crippen LogP contribution in [0, 0.1) is 17.7 Å². The first-order chi connectivity index (χ1) is 14.4. The molecule has 0 bridgehead atoms. The molecule has 0 radical (unpaired) electrons. The van der Waals surface area contributed by atoms with Gasteiger partial charge >= 0.3 is 5.97 Å². The predicted octanol–water partition coefficient (Wildman–Crippen LogP) is 5.27. The number of halogens is 1. The normalized spacial score (nSPS) is 19.4. The molecule has 4 rings (SSSR count). The van der Waals surface area contributed by atoms with E-state index in [2.05, 4.69) is 49.2 Å². The fraction of sp³-hybridized carbons (Fsp3) is 0.423. The van der Waals surface area contributed by atoms with E-state index in [1.165, 1.54) is 36.1 Å². The summed E-state index contributed by atoms with van der Waals surface area (Å²) in [4.78, 5) is 11.7. The van der Waals surface area contributed by atoms with Gasteiger partial charge in [-0.25, -0.2) is 9.18 Å². The third-order valence-electron chi connectivity index (χ3n) is 6.05. The van der Waals surface area contributed by atoms with E-state index in [1.54, 1.807) is 13.0 Å². The molecule has 1 N–H and O–H groups in total. The fourth-order valence-electron chi connectivity index (χ4n) is 4.14. The number of ether oxygens (including phenoxy) is 1. The van der Waals surface area contributed by atoms with Gasteiger partial charge in [0, 0.05) is 23.2 Å². The molecule has 1 atom stereocenters. The Morgan fingerprint density at radius 1 is 1.13 bits per heavy atom. The highest BCUT2D eigenvalue weighted by atomic mass is 19.1. The zero-order valence-corrected chi connectivity index (χ0v) is 17.8. The number of nitrogens with one attached hydrogen (secondary N) is 1. The maximum atomic E-state index is 14.3. The summed E-state index contributed by atoms with van der Waals surface area (Å²) in [6, 6.07) is 11.9. The highest BCUT2D eigenvalue weighted by Gasteiger charge is 2.35. The molecule has 2 aromatic carbocycles. The molecule has 3 nitrogen and oxygen atoms in total. The summed E-state index contributed by atoms with van der Waals surface area (Å²) in [6.07, 6.45) is 4.87. The lowest BCUT2D eigenvalue weighted by molar-refractivity contribution is 0.0521. The predicted molar refractivity (Wildman–Crippen MR) is 116 cm³/mol. The number of carbonyl (C=O) groups is 1. The van der Waals surface area contributed by atoms with Gasteiger partial charge in [0.25, 0.3) is 0 Å². The Bertz CT molecular complexity index is 1030. The van der Waals surface area contributed by atoms with Crippen LogP contribution in [0.1, 0.15) is 85.1 Å². The largest absolute Gasteiger partial charge is 0.462 e. The van der Waals surface area contributed by atoms with Crippen molar-refractivity contribution in [1.82, 2.24) is 5.32 Å². The second kappa shape index (κ2) is 8.24. The highest BCUT2D eigenvalue weighted by molar-refractivity contribution is 5.89. The first kappa shape index (κ1) is 20.6. The quantitative estimate of drug-likeness (QED) is 0.557. The third kappa shape index (κ3) is 4.42. The lowest BCUT2D eigenvalue weighted by atomic mass is 9.70. The number of fused-ring (bicyclic) bond motifs is 1. The van der Waals surface area contributed by atoms with Gasteiger partial charge in [0.15, 0.2) is 0 Å². The monoisotopic (exact) mass is 405 g/mol. The van der Waals surface area contributed by atoms with Gasteiger partial charge in [0.1, 0.15) is 5.82 Å². The van der Waals surface area contributed by atoms with E-state index in [0.717, 1.165) is 18.4 Å². The van der Waals surface area contributed by atoms with Gasteiger partial charge in [-0.15, -0.1) is 0 Å². The summed E-state index contributed by atoms with van der Waals surface area (Å²) in [7, 11) is 0. The number of benzene rings is 2. The van der Waals surface area contributed by atoms with Crippen LogP contribution in [0.4, 0.5) is 4.39 Å². The van der Waals surface area contributed by atoms with Gasteiger partial charge in [0.2, 0.25) is 0 Å². The van der Waals surface area contributed by atoms with E-state index >= 15 is 0 Å². The SMILES string of the molecule is CCOC(=O)c1ccc(C#Cc2ccc3c(c2)C(C)(C)CCC3NC2CC2)cc1F. The molecular weight excluding hydrogens is 377 g/mol. The van der Waals surface area contributed by atoms with Crippen molar-refractivity contribution >= 4 is 5.97 Å². The topological polar surface area (TPSA) is 38.3 Å². The smallest absolute Gasteiger partial charge is 0.341 e. The fourth-order valence-corrected chi connectivity index (χ4v) is 4.14. The first-order valence-corrected chi connectivity index (χ1v) is 10.8. The molecule has 0 aromatic heterocycles. The van der Waals surface area contributed by atoms with Crippen LogP contribution in [0.5, 0.6) is 0 Å². The lowest BCUT2D eigenvalue weighted by Gasteiger charge is -2.37. The average molecular weight is 406 g/mol. The van der Waals surface area contributed by atoms with Crippen LogP contribution in [0.25, 0.3) is 0 Å². The Kier molecular flexibility index (Phi) is 5.66. The van der Waals surface area contributed by atoms with E-state index in [0.29, 0.717) is 17.6 Å². The minimum atomic E-state index is -0.652. The van der Waals surface area contributed by atoms with Crippen molar-refractivity contribution < 1.29 is 13.9 Å². The van der Waals surface area contributed by atoms with E-state index in [4.69, 9.17) is 4.74 Å². The maximum absolute atomic E-state index is 14.3. The molecule has 2 aromatic rings. The molecule has 156 valence electrons.